The standard InChI is InChI=1S/C28H29N7O/c1-4-8-23-18-35(26-19(3)9-6-10-21(26)5-2)28(36)34(23)17-20-12-14-22(15-13-20)25-24(11-7-16-29-25)27-30-32-33-31-27/h6-7,9-16,18H,4-5,8,17H2,1-3H3,(H,30,31,32,33). The van der Waals surface area contributed by atoms with Crippen molar-refractivity contribution in [1.29, 1.82) is 0 Å². The summed E-state index contributed by atoms with van der Waals surface area (Å²) < 4.78 is 3.73. The number of nitrogens with one attached hydrogen (secondary N) is 1. The smallest absolute Gasteiger partial charge is 0.292 e. The number of pyridine rings is 1. The molecule has 8 nitrogen and oxygen atoms in total. The van der Waals surface area contributed by atoms with Crippen LogP contribution in [0.5, 0.6) is 0 Å². The lowest BCUT2D eigenvalue weighted by atomic mass is 10.0. The molecule has 0 spiro atoms. The van der Waals surface area contributed by atoms with E-state index in [0.29, 0.717) is 12.4 Å². The number of benzene rings is 2. The molecule has 0 aliphatic rings. The van der Waals surface area contributed by atoms with Crippen LogP contribution in [-0.2, 0) is 19.4 Å². The molecule has 3 aromatic heterocycles. The number of rotatable bonds is 8. The molecule has 5 rings (SSSR count). The number of imidazole rings is 1. The van der Waals surface area contributed by atoms with Crippen LogP contribution in [0.4, 0.5) is 0 Å². The molecular weight excluding hydrogens is 450 g/mol. The highest BCUT2D eigenvalue weighted by Gasteiger charge is 2.17. The van der Waals surface area contributed by atoms with E-state index in [0.717, 1.165) is 58.6 Å². The molecular formula is C28H29N7O. The Morgan fingerprint density at radius 1 is 1.00 bits per heavy atom. The number of hydrogen-bond donors (Lipinski definition) is 1. The summed E-state index contributed by atoms with van der Waals surface area (Å²) in [6.45, 7) is 6.84. The van der Waals surface area contributed by atoms with Crippen LogP contribution in [0.2, 0.25) is 0 Å². The average Bonchev–Trinajstić information content (AvgIpc) is 3.54. The number of nitrogens with zero attached hydrogens (tertiary/aromatic N) is 6. The fraction of sp³-hybridized carbons (Fsp3) is 0.250. The van der Waals surface area contributed by atoms with E-state index >= 15 is 0 Å². The van der Waals surface area contributed by atoms with Gasteiger partial charge in [0.25, 0.3) is 0 Å². The minimum Gasteiger partial charge on any atom is -0.292 e. The molecule has 0 fully saturated rings. The van der Waals surface area contributed by atoms with Gasteiger partial charge in [0.1, 0.15) is 0 Å². The minimum atomic E-state index is -0.00403. The molecule has 0 saturated carbocycles. The maximum absolute atomic E-state index is 13.6. The predicted octanol–water partition coefficient (Wildman–Crippen LogP) is 4.75. The van der Waals surface area contributed by atoms with E-state index in [4.69, 9.17) is 0 Å². The topological polar surface area (TPSA) is 94.3 Å². The minimum absolute atomic E-state index is 0.00403. The molecule has 1 N–H and O–H groups in total. The van der Waals surface area contributed by atoms with Crippen LogP contribution in [0.3, 0.4) is 0 Å². The molecule has 0 atom stereocenters. The molecule has 5 aromatic rings. The second-order valence-corrected chi connectivity index (χ2v) is 8.88. The fourth-order valence-electron chi connectivity index (χ4n) is 4.70. The van der Waals surface area contributed by atoms with E-state index < -0.39 is 0 Å². The molecule has 0 saturated heterocycles. The summed E-state index contributed by atoms with van der Waals surface area (Å²) >= 11 is 0. The van der Waals surface area contributed by atoms with Gasteiger partial charge in [-0.05, 0) is 53.8 Å². The van der Waals surface area contributed by atoms with Crippen molar-refractivity contribution in [3.05, 3.63) is 99.9 Å². The highest BCUT2D eigenvalue weighted by molar-refractivity contribution is 5.76. The summed E-state index contributed by atoms with van der Waals surface area (Å²) in [7, 11) is 0. The lowest BCUT2D eigenvalue weighted by Crippen LogP contribution is -2.25. The zero-order valence-electron chi connectivity index (χ0n) is 20.8. The van der Waals surface area contributed by atoms with Crippen molar-refractivity contribution >= 4 is 0 Å². The van der Waals surface area contributed by atoms with Crippen molar-refractivity contribution in [2.24, 2.45) is 0 Å². The molecule has 0 bridgehead atoms. The fourth-order valence-corrected chi connectivity index (χ4v) is 4.70. The van der Waals surface area contributed by atoms with Gasteiger partial charge in [-0.3, -0.25) is 14.1 Å². The summed E-state index contributed by atoms with van der Waals surface area (Å²) in [4.78, 5) is 18.2. The lowest BCUT2D eigenvalue weighted by Gasteiger charge is -2.11. The van der Waals surface area contributed by atoms with Crippen LogP contribution in [-0.4, -0.2) is 34.7 Å². The van der Waals surface area contributed by atoms with Crippen molar-refractivity contribution in [1.82, 2.24) is 34.7 Å². The number of tetrazole rings is 1. The van der Waals surface area contributed by atoms with E-state index in [9.17, 15) is 4.79 Å². The molecule has 0 aliphatic carbocycles. The monoisotopic (exact) mass is 479 g/mol. The van der Waals surface area contributed by atoms with Crippen molar-refractivity contribution in [2.75, 3.05) is 0 Å². The Morgan fingerprint density at radius 2 is 1.83 bits per heavy atom. The number of aryl methyl sites for hydroxylation is 3. The molecule has 8 heteroatoms. The van der Waals surface area contributed by atoms with E-state index in [1.54, 1.807) is 6.20 Å². The van der Waals surface area contributed by atoms with Crippen LogP contribution < -0.4 is 5.69 Å². The summed E-state index contributed by atoms with van der Waals surface area (Å²) in [5.74, 6) is 0.502. The first-order chi connectivity index (χ1) is 17.6. The third kappa shape index (κ3) is 4.37. The molecule has 0 radical (unpaired) electrons. The lowest BCUT2D eigenvalue weighted by molar-refractivity contribution is 0.690. The Balaban J connectivity index is 1.50. The predicted molar refractivity (Wildman–Crippen MR) is 140 cm³/mol. The number of aromatic amines is 1. The zero-order chi connectivity index (χ0) is 25.1. The second-order valence-electron chi connectivity index (χ2n) is 8.88. The largest absolute Gasteiger partial charge is 0.333 e. The van der Waals surface area contributed by atoms with Crippen LogP contribution in [0, 0.1) is 6.92 Å². The van der Waals surface area contributed by atoms with Gasteiger partial charge in [0.15, 0.2) is 0 Å². The summed E-state index contributed by atoms with van der Waals surface area (Å²) in [6, 6.07) is 18.2. The van der Waals surface area contributed by atoms with E-state index in [2.05, 4.69) is 76.7 Å². The number of hydrogen-bond acceptors (Lipinski definition) is 5. The van der Waals surface area contributed by atoms with E-state index in [-0.39, 0.29) is 5.69 Å². The second kappa shape index (κ2) is 10.1. The molecule has 182 valence electrons. The van der Waals surface area contributed by atoms with E-state index in [1.165, 1.54) is 5.56 Å². The van der Waals surface area contributed by atoms with Gasteiger partial charge in [-0.1, -0.05) is 62.7 Å². The van der Waals surface area contributed by atoms with E-state index in [1.807, 2.05) is 39.6 Å². The zero-order valence-corrected chi connectivity index (χ0v) is 20.8. The maximum atomic E-state index is 13.6. The first-order valence-electron chi connectivity index (χ1n) is 12.3. The Morgan fingerprint density at radius 3 is 2.56 bits per heavy atom. The van der Waals surface area contributed by atoms with Gasteiger partial charge in [-0.2, -0.15) is 5.21 Å². The van der Waals surface area contributed by atoms with Gasteiger partial charge in [0.05, 0.1) is 17.9 Å². The van der Waals surface area contributed by atoms with Gasteiger partial charge in [0.2, 0.25) is 5.82 Å². The van der Waals surface area contributed by atoms with Gasteiger partial charge in [-0.25, -0.2) is 4.79 Å². The molecule has 0 unspecified atom stereocenters. The molecule has 36 heavy (non-hydrogen) atoms. The number of aromatic nitrogens is 7. The van der Waals surface area contributed by atoms with Crippen molar-refractivity contribution in [3.63, 3.8) is 0 Å². The highest BCUT2D eigenvalue weighted by Crippen LogP contribution is 2.28. The van der Waals surface area contributed by atoms with Gasteiger partial charge in [0, 0.05) is 29.2 Å². The van der Waals surface area contributed by atoms with Crippen LogP contribution in [0.25, 0.3) is 28.3 Å². The highest BCUT2D eigenvalue weighted by atomic mass is 16.1. The Bertz CT molecular complexity index is 1530. The molecule has 2 aromatic carbocycles. The first-order valence-corrected chi connectivity index (χ1v) is 12.3. The Hall–Kier alpha value is -4.33. The van der Waals surface area contributed by atoms with Crippen molar-refractivity contribution in [2.45, 2.75) is 46.6 Å². The maximum Gasteiger partial charge on any atom is 0.333 e. The van der Waals surface area contributed by atoms with Gasteiger partial charge < -0.3 is 0 Å². The SMILES string of the molecule is CCCc1cn(-c2c(C)cccc2CC)c(=O)n1Cc1ccc(-c2ncccc2-c2nn[nH]n2)cc1. The van der Waals surface area contributed by atoms with Crippen LogP contribution >= 0.6 is 0 Å². The summed E-state index contributed by atoms with van der Waals surface area (Å²) in [5, 5.41) is 14.4. The first kappa shape index (κ1) is 23.4. The molecule has 0 amide bonds. The summed E-state index contributed by atoms with van der Waals surface area (Å²) in [6.07, 6.45) is 6.46. The Kier molecular flexibility index (Phi) is 6.58. The normalized spacial score (nSPS) is 11.2. The average molecular weight is 480 g/mol. The van der Waals surface area contributed by atoms with Gasteiger partial charge in [-0.15, -0.1) is 10.2 Å². The van der Waals surface area contributed by atoms with Gasteiger partial charge >= 0.3 is 5.69 Å². The third-order valence-corrected chi connectivity index (χ3v) is 6.47. The Labute approximate surface area is 209 Å². The molecule has 3 heterocycles. The van der Waals surface area contributed by atoms with Crippen molar-refractivity contribution in [3.8, 4) is 28.3 Å². The quantitative estimate of drug-likeness (QED) is 0.347. The third-order valence-electron chi connectivity index (χ3n) is 6.47. The van der Waals surface area contributed by atoms with Crippen molar-refractivity contribution < 1.29 is 0 Å². The summed E-state index contributed by atoms with van der Waals surface area (Å²) in [5.41, 5.74) is 7.91. The van der Waals surface area contributed by atoms with Crippen LogP contribution in [0.1, 0.15) is 42.7 Å². The van der Waals surface area contributed by atoms with Crippen LogP contribution in [0.15, 0.2) is 71.8 Å². The molecule has 0 aliphatic heterocycles. The number of H-pyrrole nitrogens is 1. The number of para-hydroxylation sites is 1.